The zero-order valence-corrected chi connectivity index (χ0v) is 14.9. The van der Waals surface area contributed by atoms with Gasteiger partial charge >= 0.3 is 0 Å². The van der Waals surface area contributed by atoms with Gasteiger partial charge in [0, 0.05) is 0 Å². The Bertz CT molecular complexity index is 995. The summed E-state index contributed by atoms with van der Waals surface area (Å²) in [6.45, 7) is 4.35. The molecule has 0 aliphatic rings. The van der Waals surface area contributed by atoms with Gasteiger partial charge in [-0.15, -0.1) is 0 Å². The number of carbonyl (C=O) groups is 1. The van der Waals surface area contributed by atoms with Crippen molar-refractivity contribution < 1.29 is 9.53 Å². The van der Waals surface area contributed by atoms with Crippen molar-refractivity contribution in [2.45, 2.75) is 20.4 Å². The van der Waals surface area contributed by atoms with Gasteiger partial charge in [-0.3, -0.25) is 14.2 Å². The van der Waals surface area contributed by atoms with E-state index in [-0.39, 0.29) is 18.0 Å². The molecule has 2 aromatic carbocycles. The van der Waals surface area contributed by atoms with Gasteiger partial charge in [-0.2, -0.15) is 0 Å². The molecule has 0 saturated carbocycles. The number of carbonyl (C=O) groups excluding carboxylic acids is 1. The highest BCUT2D eigenvalue weighted by Gasteiger charge is 2.11. The third-order valence-electron chi connectivity index (χ3n) is 4.13. The predicted octanol–water partition coefficient (Wildman–Crippen LogP) is 2.21. The lowest BCUT2D eigenvalue weighted by molar-refractivity contribution is -0.121. The number of amides is 1. The SMILES string of the molecule is Cc1ccccc1OCCNC(=O)Cn1c(C)nc2ccccc2c1=O. The number of nitrogens with zero attached hydrogens (tertiary/aromatic N) is 2. The zero-order chi connectivity index (χ0) is 18.5. The molecule has 1 N–H and O–H groups in total. The van der Waals surface area contributed by atoms with Crippen molar-refractivity contribution in [1.29, 1.82) is 0 Å². The Morgan fingerprint density at radius 3 is 2.65 bits per heavy atom. The fourth-order valence-corrected chi connectivity index (χ4v) is 2.73. The summed E-state index contributed by atoms with van der Waals surface area (Å²) < 4.78 is 7.04. The Morgan fingerprint density at radius 1 is 1.12 bits per heavy atom. The lowest BCUT2D eigenvalue weighted by Gasteiger charge is -2.12. The first-order chi connectivity index (χ1) is 12.6. The van der Waals surface area contributed by atoms with Crippen molar-refractivity contribution in [1.82, 2.24) is 14.9 Å². The minimum atomic E-state index is -0.249. The van der Waals surface area contributed by atoms with E-state index in [1.54, 1.807) is 25.1 Å². The van der Waals surface area contributed by atoms with Crippen LogP contribution in [0.5, 0.6) is 5.75 Å². The van der Waals surface area contributed by atoms with Crippen LogP contribution in [0.1, 0.15) is 11.4 Å². The first kappa shape index (κ1) is 17.7. The molecule has 6 nitrogen and oxygen atoms in total. The number of aryl methyl sites for hydroxylation is 2. The number of fused-ring (bicyclic) bond motifs is 1. The van der Waals surface area contributed by atoms with E-state index in [4.69, 9.17) is 4.74 Å². The van der Waals surface area contributed by atoms with Crippen LogP contribution in [0.4, 0.5) is 0 Å². The van der Waals surface area contributed by atoms with E-state index in [0.29, 0.717) is 29.9 Å². The van der Waals surface area contributed by atoms with E-state index in [9.17, 15) is 9.59 Å². The van der Waals surface area contributed by atoms with Crippen LogP contribution < -0.4 is 15.6 Å². The second-order valence-corrected chi connectivity index (χ2v) is 6.03. The topological polar surface area (TPSA) is 73.2 Å². The summed E-state index contributed by atoms with van der Waals surface area (Å²) in [5.74, 6) is 1.06. The third-order valence-corrected chi connectivity index (χ3v) is 4.13. The number of hydrogen-bond acceptors (Lipinski definition) is 4. The molecule has 26 heavy (non-hydrogen) atoms. The molecule has 0 atom stereocenters. The molecule has 0 spiro atoms. The molecule has 134 valence electrons. The molecule has 1 heterocycles. The van der Waals surface area contributed by atoms with Crippen molar-refractivity contribution in [2.24, 2.45) is 0 Å². The fourth-order valence-electron chi connectivity index (χ4n) is 2.73. The number of benzene rings is 2. The highest BCUT2D eigenvalue weighted by Crippen LogP contribution is 2.15. The average Bonchev–Trinajstić information content (AvgIpc) is 2.63. The summed E-state index contributed by atoms with van der Waals surface area (Å²) in [4.78, 5) is 29.1. The highest BCUT2D eigenvalue weighted by atomic mass is 16.5. The largest absolute Gasteiger partial charge is 0.491 e. The van der Waals surface area contributed by atoms with Crippen LogP contribution in [0.15, 0.2) is 53.3 Å². The summed E-state index contributed by atoms with van der Waals surface area (Å²) in [5.41, 5.74) is 1.47. The average molecular weight is 351 g/mol. The van der Waals surface area contributed by atoms with E-state index in [0.717, 1.165) is 11.3 Å². The van der Waals surface area contributed by atoms with Gasteiger partial charge < -0.3 is 10.1 Å². The molecule has 1 amide bonds. The van der Waals surface area contributed by atoms with E-state index in [1.165, 1.54) is 4.57 Å². The molecule has 0 aliphatic heterocycles. The number of rotatable bonds is 6. The molecule has 0 unspecified atom stereocenters. The minimum Gasteiger partial charge on any atom is -0.491 e. The summed E-state index contributed by atoms with van der Waals surface area (Å²) >= 11 is 0. The first-order valence-corrected chi connectivity index (χ1v) is 8.47. The zero-order valence-electron chi connectivity index (χ0n) is 14.9. The summed E-state index contributed by atoms with van der Waals surface area (Å²) in [6.07, 6.45) is 0. The van der Waals surface area contributed by atoms with Crippen LogP contribution in [0.25, 0.3) is 10.9 Å². The van der Waals surface area contributed by atoms with Crippen molar-refractivity contribution >= 4 is 16.8 Å². The minimum absolute atomic E-state index is 0.0626. The third kappa shape index (κ3) is 3.91. The van der Waals surface area contributed by atoms with Crippen molar-refractivity contribution in [2.75, 3.05) is 13.2 Å². The Hall–Kier alpha value is -3.15. The van der Waals surface area contributed by atoms with Crippen LogP contribution in [-0.4, -0.2) is 28.6 Å². The molecule has 3 rings (SSSR count). The molecule has 6 heteroatoms. The number of hydrogen-bond donors (Lipinski definition) is 1. The molecule has 3 aromatic rings. The monoisotopic (exact) mass is 351 g/mol. The van der Waals surface area contributed by atoms with Crippen molar-refractivity contribution in [3.05, 3.63) is 70.3 Å². The lowest BCUT2D eigenvalue weighted by atomic mass is 10.2. The van der Waals surface area contributed by atoms with E-state index >= 15 is 0 Å². The fraction of sp³-hybridized carbons (Fsp3) is 0.250. The lowest BCUT2D eigenvalue weighted by Crippen LogP contribution is -2.35. The van der Waals surface area contributed by atoms with Crippen LogP contribution in [-0.2, 0) is 11.3 Å². The second-order valence-electron chi connectivity index (χ2n) is 6.03. The number of nitrogens with one attached hydrogen (secondary N) is 1. The van der Waals surface area contributed by atoms with Gasteiger partial charge in [0.1, 0.15) is 24.7 Å². The Labute approximate surface area is 151 Å². The Balaban J connectivity index is 1.59. The predicted molar refractivity (Wildman–Crippen MR) is 100 cm³/mol. The quantitative estimate of drug-likeness (QED) is 0.691. The number of para-hydroxylation sites is 2. The van der Waals surface area contributed by atoms with Crippen LogP contribution in [0, 0.1) is 13.8 Å². The summed E-state index contributed by atoms with van der Waals surface area (Å²) in [7, 11) is 0. The Morgan fingerprint density at radius 2 is 1.85 bits per heavy atom. The maximum atomic E-state index is 12.6. The van der Waals surface area contributed by atoms with Crippen LogP contribution in [0.2, 0.25) is 0 Å². The van der Waals surface area contributed by atoms with Gasteiger partial charge in [0.2, 0.25) is 5.91 Å². The van der Waals surface area contributed by atoms with Crippen LogP contribution in [0.3, 0.4) is 0 Å². The van der Waals surface area contributed by atoms with Crippen LogP contribution >= 0.6 is 0 Å². The summed E-state index contributed by atoms with van der Waals surface area (Å²) in [5, 5.41) is 3.28. The smallest absolute Gasteiger partial charge is 0.261 e. The number of ether oxygens (including phenoxy) is 1. The summed E-state index contributed by atoms with van der Waals surface area (Å²) in [6, 6.07) is 14.8. The van der Waals surface area contributed by atoms with Gasteiger partial charge in [0.15, 0.2) is 0 Å². The normalized spacial score (nSPS) is 10.7. The van der Waals surface area contributed by atoms with E-state index in [2.05, 4.69) is 10.3 Å². The van der Waals surface area contributed by atoms with Gasteiger partial charge in [-0.25, -0.2) is 4.98 Å². The van der Waals surface area contributed by atoms with Gasteiger partial charge in [0.05, 0.1) is 17.4 Å². The van der Waals surface area contributed by atoms with Crippen molar-refractivity contribution in [3.63, 3.8) is 0 Å². The molecular formula is C20H21N3O3. The first-order valence-electron chi connectivity index (χ1n) is 8.47. The van der Waals surface area contributed by atoms with Crippen molar-refractivity contribution in [3.8, 4) is 5.75 Å². The molecule has 1 aromatic heterocycles. The van der Waals surface area contributed by atoms with E-state index in [1.807, 2.05) is 37.3 Å². The molecule has 0 aliphatic carbocycles. The maximum absolute atomic E-state index is 12.6. The highest BCUT2D eigenvalue weighted by molar-refractivity contribution is 5.79. The van der Waals surface area contributed by atoms with Gasteiger partial charge in [-0.1, -0.05) is 30.3 Å². The second kappa shape index (κ2) is 7.82. The maximum Gasteiger partial charge on any atom is 0.261 e. The molecule has 0 bridgehead atoms. The molecule has 0 radical (unpaired) electrons. The molecule has 0 saturated heterocycles. The molecule has 0 fully saturated rings. The van der Waals surface area contributed by atoms with E-state index < -0.39 is 0 Å². The van der Waals surface area contributed by atoms with Gasteiger partial charge in [-0.05, 0) is 37.6 Å². The molecular weight excluding hydrogens is 330 g/mol. The van der Waals surface area contributed by atoms with Gasteiger partial charge in [0.25, 0.3) is 5.56 Å². The number of aromatic nitrogens is 2. The Kier molecular flexibility index (Phi) is 5.31. The standard InChI is InChI=1S/C20H21N3O3/c1-14-7-3-6-10-18(14)26-12-11-21-19(24)13-23-15(2)22-17-9-5-4-8-16(17)20(23)25/h3-10H,11-13H2,1-2H3,(H,21,24).